The van der Waals surface area contributed by atoms with Crippen LogP contribution in [0.4, 0.5) is 4.79 Å². The van der Waals surface area contributed by atoms with Gasteiger partial charge in [0.25, 0.3) is 0 Å². The van der Waals surface area contributed by atoms with E-state index in [0.29, 0.717) is 12.6 Å². The number of piperidine rings is 1. The molecule has 18 heavy (non-hydrogen) atoms. The van der Waals surface area contributed by atoms with Crippen LogP contribution in [0.5, 0.6) is 0 Å². The second-order valence-corrected chi connectivity index (χ2v) is 6.55. The molecule has 2 heterocycles. The van der Waals surface area contributed by atoms with E-state index >= 15 is 0 Å². The zero-order chi connectivity index (χ0) is 13.0. The second kappa shape index (κ2) is 6.54. The molecular weight excluding hydrogens is 314 g/mol. The van der Waals surface area contributed by atoms with Crippen molar-refractivity contribution in [3.63, 3.8) is 0 Å². The normalized spacial score (nSPS) is 17.7. The quantitative estimate of drug-likeness (QED) is 0.893. The number of urea groups is 1. The Bertz CT molecular complexity index is 402. The molecule has 2 amide bonds. The molecule has 0 aliphatic carbocycles. The van der Waals surface area contributed by atoms with Crippen LogP contribution < -0.4 is 10.6 Å². The van der Waals surface area contributed by atoms with Crippen LogP contribution in [0.15, 0.2) is 15.9 Å². The molecule has 0 saturated carbocycles. The van der Waals surface area contributed by atoms with Crippen molar-refractivity contribution in [3.05, 3.63) is 20.8 Å². The number of likely N-dealkylation sites (tertiary alicyclic amines) is 1. The smallest absolute Gasteiger partial charge is 0.315 e. The molecule has 0 aromatic carbocycles. The zero-order valence-electron chi connectivity index (χ0n) is 10.4. The van der Waals surface area contributed by atoms with Gasteiger partial charge in [-0.1, -0.05) is 0 Å². The van der Waals surface area contributed by atoms with E-state index in [4.69, 9.17) is 0 Å². The number of halogens is 1. The fourth-order valence-corrected chi connectivity index (χ4v) is 3.39. The molecule has 100 valence electrons. The molecule has 1 fully saturated rings. The monoisotopic (exact) mass is 331 g/mol. The summed E-state index contributed by atoms with van der Waals surface area (Å²) < 4.78 is 1.07. The van der Waals surface area contributed by atoms with Crippen LogP contribution in [0.3, 0.4) is 0 Å². The third-order valence-electron chi connectivity index (χ3n) is 3.10. The van der Waals surface area contributed by atoms with Gasteiger partial charge in [-0.2, -0.15) is 0 Å². The highest BCUT2D eigenvalue weighted by atomic mass is 79.9. The summed E-state index contributed by atoms with van der Waals surface area (Å²) in [6.07, 6.45) is 2.07. The van der Waals surface area contributed by atoms with E-state index in [1.165, 1.54) is 0 Å². The summed E-state index contributed by atoms with van der Waals surface area (Å²) in [5.41, 5.74) is 0. The maximum atomic E-state index is 11.7. The first-order valence-electron chi connectivity index (χ1n) is 6.09. The fourth-order valence-electron chi connectivity index (χ4n) is 2.00. The van der Waals surface area contributed by atoms with Gasteiger partial charge < -0.3 is 15.5 Å². The van der Waals surface area contributed by atoms with Crippen LogP contribution in [0.25, 0.3) is 0 Å². The zero-order valence-corrected chi connectivity index (χ0v) is 12.8. The fraction of sp³-hybridized carbons (Fsp3) is 0.583. The molecule has 2 N–H and O–H groups in total. The lowest BCUT2D eigenvalue weighted by Gasteiger charge is -2.29. The van der Waals surface area contributed by atoms with E-state index in [9.17, 15) is 4.79 Å². The standard InChI is InChI=1S/C12H18BrN3OS/c1-16-4-2-10(3-5-16)15-12(17)14-7-11-6-9(13)8-18-11/h6,8,10H,2-5,7H2,1H3,(H2,14,15,17). The summed E-state index contributed by atoms with van der Waals surface area (Å²) in [5, 5.41) is 7.95. The lowest BCUT2D eigenvalue weighted by molar-refractivity contribution is 0.213. The molecule has 1 saturated heterocycles. The summed E-state index contributed by atoms with van der Waals surface area (Å²) in [5.74, 6) is 0. The van der Waals surface area contributed by atoms with Crippen LogP contribution in [-0.4, -0.2) is 37.1 Å². The van der Waals surface area contributed by atoms with Gasteiger partial charge in [0, 0.05) is 20.8 Å². The van der Waals surface area contributed by atoms with Crippen LogP contribution in [-0.2, 0) is 6.54 Å². The number of thiophene rings is 1. The number of amides is 2. The predicted octanol–water partition coefficient (Wildman–Crippen LogP) is 2.40. The molecule has 4 nitrogen and oxygen atoms in total. The number of hydrogen-bond donors (Lipinski definition) is 2. The van der Waals surface area contributed by atoms with E-state index in [2.05, 4.69) is 38.5 Å². The van der Waals surface area contributed by atoms with Gasteiger partial charge >= 0.3 is 6.03 Å². The summed E-state index contributed by atoms with van der Waals surface area (Å²) in [7, 11) is 2.12. The van der Waals surface area contributed by atoms with Crippen molar-refractivity contribution in [2.24, 2.45) is 0 Å². The van der Waals surface area contributed by atoms with Crippen molar-refractivity contribution in [1.82, 2.24) is 15.5 Å². The van der Waals surface area contributed by atoms with Gasteiger partial charge in [-0.15, -0.1) is 11.3 Å². The van der Waals surface area contributed by atoms with E-state index < -0.39 is 0 Å². The van der Waals surface area contributed by atoms with Gasteiger partial charge in [0.2, 0.25) is 0 Å². The Morgan fingerprint density at radius 1 is 1.56 bits per heavy atom. The highest BCUT2D eigenvalue weighted by Crippen LogP contribution is 2.19. The van der Waals surface area contributed by atoms with Crippen LogP contribution >= 0.6 is 27.3 Å². The Morgan fingerprint density at radius 2 is 2.28 bits per heavy atom. The number of carbonyl (C=O) groups is 1. The van der Waals surface area contributed by atoms with Crippen molar-refractivity contribution in [3.8, 4) is 0 Å². The molecule has 2 rings (SSSR count). The summed E-state index contributed by atoms with van der Waals surface area (Å²) in [6, 6.07) is 2.28. The highest BCUT2D eigenvalue weighted by Gasteiger charge is 2.18. The van der Waals surface area contributed by atoms with Crippen molar-refractivity contribution in [2.45, 2.75) is 25.4 Å². The number of rotatable bonds is 3. The first-order valence-corrected chi connectivity index (χ1v) is 7.76. The summed E-state index contributed by atoms with van der Waals surface area (Å²) >= 11 is 5.04. The third-order valence-corrected chi connectivity index (χ3v) is 4.80. The topological polar surface area (TPSA) is 44.4 Å². The Labute approximate surface area is 120 Å². The minimum absolute atomic E-state index is 0.0610. The minimum atomic E-state index is -0.0610. The van der Waals surface area contributed by atoms with Crippen molar-refractivity contribution in [2.75, 3.05) is 20.1 Å². The molecule has 0 spiro atoms. The van der Waals surface area contributed by atoms with Crippen molar-refractivity contribution < 1.29 is 4.79 Å². The molecule has 1 aromatic heterocycles. The number of hydrogen-bond acceptors (Lipinski definition) is 3. The third kappa shape index (κ3) is 4.26. The average molecular weight is 332 g/mol. The number of nitrogens with one attached hydrogen (secondary N) is 2. The van der Waals surface area contributed by atoms with E-state index in [-0.39, 0.29) is 6.03 Å². The maximum absolute atomic E-state index is 11.7. The molecule has 0 unspecified atom stereocenters. The van der Waals surface area contributed by atoms with E-state index in [1.807, 2.05) is 11.4 Å². The minimum Gasteiger partial charge on any atom is -0.335 e. The molecule has 0 bridgehead atoms. The Balaban J connectivity index is 1.69. The average Bonchev–Trinajstić information content (AvgIpc) is 2.76. The Kier molecular flexibility index (Phi) is 5.03. The van der Waals surface area contributed by atoms with Crippen molar-refractivity contribution in [1.29, 1.82) is 0 Å². The van der Waals surface area contributed by atoms with E-state index in [1.54, 1.807) is 11.3 Å². The SMILES string of the molecule is CN1CCC(NC(=O)NCc2cc(Br)cs2)CC1. The lowest BCUT2D eigenvalue weighted by atomic mass is 10.1. The molecule has 1 aliphatic heterocycles. The van der Waals surface area contributed by atoms with Crippen LogP contribution in [0.1, 0.15) is 17.7 Å². The maximum Gasteiger partial charge on any atom is 0.315 e. The molecule has 1 aliphatic rings. The number of nitrogens with zero attached hydrogens (tertiary/aromatic N) is 1. The van der Waals surface area contributed by atoms with Crippen LogP contribution in [0.2, 0.25) is 0 Å². The Hall–Kier alpha value is -0.590. The van der Waals surface area contributed by atoms with Gasteiger partial charge in [0.05, 0.1) is 6.54 Å². The largest absolute Gasteiger partial charge is 0.335 e. The predicted molar refractivity (Wildman–Crippen MR) is 77.9 cm³/mol. The van der Waals surface area contributed by atoms with Gasteiger partial charge in [0.1, 0.15) is 0 Å². The summed E-state index contributed by atoms with van der Waals surface area (Å²) in [6.45, 7) is 2.71. The van der Waals surface area contributed by atoms with Gasteiger partial charge in [-0.05, 0) is 55.0 Å². The Morgan fingerprint density at radius 3 is 2.89 bits per heavy atom. The van der Waals surface area contributed by atoms with E-state index in [0.717, 1.165) is 35.3 Å². The second-order valence-electron chi connectivity index (χ2n) is 4.64. The lowest BCUT2D eigenvalue weighted by Crippen LogP contribution is -2.46. The molecule has 1 aromatic rings. The highest BCUT2D eigenvalue weighted by molar-refractivity contribution is 9.10. The van der Waals surface area contributed by atoms with Gasteiger partial charge in [-0.3, -0.25) is 0 Å². The molecule has 6 heteroatoms. The van der Waals surface area contributed by atoms with Crippen molar-refractivity contribution >= 4 is 33.3 Å². The number of carbonyl (C=O) groups excluding carboxylic acids is 1. The molecule has 0 atom stereocenters. The summed E-state index contributed by atoms with van der Waals surface area (Å²) in [4.78, 5) is 15.2. The van der Waals surface area contributed by atoms with Gasteiger partial charge in [0.15, 0.2) is 0 Å². The van der Waals surface area contributed by atoms with Crippen LogP contribution in [0, 0.1) is 0 Å². The molecular formula is C12H18BrN3OS. The first-order chi connectivity index (χ1) is 8.63. The molecule has 0 radical (unpaired) electrons. The van der Waals surface area contributed by atoms with Gasteiger partial charge in [-0.25, -0.2) is 4.79 Å². The first kappa shape index (κ1) is 13.8.